The molecule has 2 aromatic carbocycles. The van der Waals surface area contributed by atoms with E-state index in [0.29, 0.717) is 16.8 Å². The van der Waals surface area contributed by atoms with Gasteiger partial charge >= 0.3 is 6.09 Å². The lowest BCUT2D eigenvalue weighted by atomic mass is 10.0. The van der Waals surface area contributed by atoms with Gasteiger partial charge in [-0.15, -0.1) is 0 Å². The highest BCUT2D eigenvalue weighted by Crippen LogP contribution is 2.32. The van der Waals surface area contributed by atoms with Gasteiger partial charge in [-0.05, 0) is 12.1 Å². The molecule has 7 heteroatoms. The molecule has 134 valence electrons. The molecule has 0 bridgehead atoms. The van der Waals surface area contributed by atoms with E-state index in [4.69, 9.17) is 4.74 Å². The number of anilines is 1. The van der Waals surface area contributed by atoms with Crippen molar-refractivity contribution in [2.45, 2.75) is 6.43 Å². The van der Waals surface area contributed by atoms with Crippen LogP contribution in [0.4, 0.5) is 23.7 Å². The van der Waals surface area contributed by atoms with E-state index in [2.05, 4.69) is 5.32 Å². The quantitative estimate of drug-likeness (QED) is 0.679. The average Bonchev–Trinajstić information content (AvgIpc) is 2.96. The van der Waals surface area contributed by atoms with Crippen LogP contribution in [-0.2, 0) is 7.05 Å². The Labute approximate surface area is 147 Å². The highest BCUT2D eigenvalue weighted by molar-refractivity contribution is 5.92. The summed E-state index contributed by atoms with van der Waals surface area (Å²) < 4.78 is 46.4. The first-order chi connectivity index (χ1) is 12.5. The highest BCUT2D eigenvalue weighted by Gasteiger charge is 2.20. The molecule has 3 aromatic rings. The Morgan fingerprint density at radius 3 is 2.38 bits per heavy atom. The summed E-state index contributed by atoms with van der Waals surface area (Å²) >= 11 is 0. The van der Waals surface area contributed by atoms with Gasteiger partial charge in [0.25, 0.3) is 6.43 Å². The summed E-state index contributed by atoms with van der Waals surface area (Å²) in [7, 11) is 1.55. The minimum Gasteiger partial charge on any atom is -0.408 e. The highest BCUT2D eigenvalue weighted by atomic mass is 19.3. The van der Waals surface area contributed by atoms with E-state index in [9.17, 15) is 18.0 Å². The summed E-state index contributed by atoms with van der Waals surface area (Å²) in [6.45, 7) is 0. The van der Waals surface area contributed by atoms with E-state index < -0.39 is 18.3 Å². The van der Waals surface area contributed by atoms with Gasteiger partial charge in [0.15, 0.2) is 5.75 Å². The van der Waals surface area contributed by atoms with Crippen molar-refractivity contribution in [2.24, 2.45) is 7.05 Å². The van der Waals surface area contributed by atoms with Crippen molar-refractivity contribution in [1.82, 2.24) is 4.57 Å². The number of aryl methyl sites for hydroxylation is 1. The first-order valence-electron chi connectivity index (χ1n) is 7.72. The van der Waals surface area contributed by atoms with Crippen molar-refractivity contribution in [2.75, 3.05) is 5.32 Å². The molecule has 0 spiro atoms. The number of ether oxygens (including phenoxy) is 1. The van der Waals surface area contributed by atoms with Crippen LogP contribution in [0.1, 0.15) is 12.0 Å². The lowest BCUT2D eigenvalue weighted by molar-refractivity contribution is 0.147. The van der Waals surface area contributed by atoms with E-state index in [0.717, 1.165) is 0 Å². The third kappa shape index (κ3) is 3.72. The summed E-state index contributed by atoms with van der Waals surface area (Å²) in [5.41, 5.74) is 0.670. The number of carbonyl (C=O) groups excluding carboxylic acids is 1. The van der Waals surface area contributed by atoms with Gasteiger partial charge in [0.05, 0.1) is 11.3 Å². The fourth-order valence-corrected chi connectivity index (χ4v) is 2.57. The third-order valence-corrected chi connectivity index (χ3v) is 3.71. The maximum Gasteiger partial charge on any atom is 0.417 e. The Bertz CT molecular complexity index is 938. The second-order valence-corrected chi connectivity index (χ2v) is 5.58. The second kappa shape index (κ2) is 7.35. The van der Waals surface area contributed by atoms with Crippen LogP contribution in [0.15, 0.2) is 60.9 Å². The molecule has 0 aliphatic heterocycles. The Hall–Kier alpha value is -3.22. The smallest absolute Gasteiger partial charge is 0.408 e. The van der Waals surface area contributed by atoms with Gasteiger partial charge < -0.3 is 9.30 Å². The molecule has 26 heavy (non-hydrogen) atoms. The van der Waals surface area contributed by atoms with Crippen LogP contribution < -0.4 is 10.1 Å². The first kappa shape index (κ1) is 17.6. The maximum absolute atomic E-state index is 14.1. The molecule has 0 radical (unpaired) electrons. The van der Waals surface area contributed by atoms with E-state index in [1.54, 1.807) is 49.5 Å². The van der Waals surface area contributed by atoms with Crippen LogP contribution >= 0.6 is 0 Å². The number of para-hydroxylation sites is 1. The van der Waals surface area contributed by atoms with E-state index in [1.165, 1.54) is 23.0 Å². The standard InChI is InChI=1S/C19H15F3N2O2/c1-24-10-14(18(21)22)17(11-24)26-19(25)23-16-9-5-3-7-13(16)12-6-2-4-8-15(12)20/h2-11,18H,1H3,(H,23,25). The molecule has 1 amide bonds. The molecule has 3 rings (SSSR count). The van der Waals surface area contributed by atoms with Gasteiger partial charge in [0, 0.05) is 30.6 Å². The Kier molecular flexibility index (Phi) is 4.97. The number of nitrogens with zero attached hydrogens (tertiary/aromatic N) is 1. The van der Waals surface area contributed by atoms with Gasteiger partial charge in [-0.1, -0.05) is 36.4 Å². The van der Waals surface area contributed by atoms with E-state index in [1.807, 2.05) is 0 Å². The van der Waals surface area contributed by atoms with Crippen molar-refractivity contribution in [3.05, 3.63) is 72.3 Å². The van der Waals surface area contributed by atoms with E-state index in [-0.39, 0.29) is 11.3 Å². The summed E-state index contributed by atoms with van der Waals surface area (Å²) in [4.78, 5) is 12.2. The fraction of sp³-hybridized carbons (Fsp3) is 0.105. The zero-order chi connectivity index (χ0) is 18.7. The van der Waals surface area contributed by atoms with Crippen LogP contribution in [0.3, 0.4) is 0 Å². The van der Waals surface area contributed by atoms with Crippen LogP contribution in [0, 0.1) is 5.82 Å². The number of nitrogens with one attached hydrogen (secondary N) is 1. The topological polar surface area (TPSA) is 43.3 Å². The molecule has 0 atom stereocenters. The molecule has 0 fully saturated rings. The molecule has 1 heterocycles. The van der Waals surface area contributed by atoms with Crippen molar-refractivity contribution < 1.29 is 22.7 Å². The fourth-order valence-electron chi connectivity index (χ4n) is 2.57. The molecule has 0 unspecified atom stereocenters. The number of halogens is 3. The molecule has 4 nitrogen and oxygen atoms in total. The van der Waals surface area contributed by atoms with Crippen LogP contribution in [0.5, 0.6) is 5.75 Å². The first-order valence-corrected chi connectivity index (χ1v) is 7.72. The van der Waals surface area contributed by atoms with E-state index >= 15 is 0 Å². The Morgan fingerprint density at radius 1 is 1.04 bits per heavy atom. The number of amides is 1. The number of benzene rings is 2. The number of hydrogen-bond donors (Lipinski definition) is 1. The SMILES string of the molecule is Cn1cc(OC(=O)Nc2ccccc2-c2ccccc2F)c(C(F)F)c1. The minimum absolute atomic E-state index is 0.233. The van der Waals surface area contributed by atoms with Crippen molar-refractivity contribution in [3.63, 3.8) is 0 Å². The summed E-state index contributed by atoms with van der Waals surface area (Å²) in [5.74, 6) is -0.679. The predicted molar refractivity (Wildman–Crippen MR) is 91.9 cm³/mol. The van der Waals surface area contributed by atoms with Gasteiger partial charge in [0.1, 0.15) is 5.82 Å². The zero-order valence-electron chi connectivity index (χ0n) is 13.7. The molecule has 0 aliphatic carbocycles. The summed E-state index contributed by atoms with van der Waals surface area (Å²) in [5, 5.41) is 2.48. The molecular weight excluding hydrogens is 345 g/mol. The number of aromatic nitrogens is 1. The third-order valence-electron chi connectivity index (χ3n) is 3.71. The number of alkyl halides is 2. The van der Waals surface area contributed by atoms with Crippen LogP contribution in [-0.4, -0.2) is 10.7 Å². The lowest BCUT2D eigenvalue weighted by Gasteiger charge is -2.12. The molecule has 0 aliphatic rings. The summed E-state index contributed by atoms with van der Waals surface area (Å²) in [6, 6.07) is 12.7. The van der Waals surface area contributed by atoms with Crippen molar-refractivity contribution in [3.8, 4) is 16.9 Å². The second-order valence-electron chi connectivity index (χ2n) is 5.58. The summed E-state index contributed by atoms with van der Waals surface area (Å²) in [6.07, 6.45) is -1.25. The molecule has 1 aromatic heterocycles. The van der Waals surface area contributed by atoms with Gasteiger partial charge in [-0.3, -0.25) is 5.32 Å². The van der Waals surface area contributed by atoms with Gasteiger partial charge in [0.2, 0.25) is 0 Å². The lowest BCUT2D eigenvalue weighted by Crippen LogP contribution is -2.17. The number of carbonyl (C=O) groups is 1. The largest absolute Gasteiger partial charge is 0.417 e. The molecule has 1 N–H and O–H groups in total. The molecule has 0 saturated heterocycles. The zero-order valence-corrected chi connectivity index (χ0v) is 13.7. The molecular formula is C19H15F3N2O2. The van der Waals surface area contributed by atoms with Gasteiger partial charge in [-0.25, -0.2) is 18.0 Å². The average molecular weight is 360 g/mol. The van der Waals surface area contributed by atoms with Crippen molar-refractivity contribution in [1.29, 1.82) is 0 Å². The monoisotopic (exact) mass is 360 g/mol. The number of rotatable bonds is 4. The van der Waals surface area contributed by atoms with Crippen LogP contribution in [0.2, 0.25) is 0 Å². The minimum atomic E-state index is -2.77. The Morgan fingerprint density at radius 2 is 1.69 bits per heavy atom. The molecule has 0 saturated carbocycles. The maximum atomic E-state index is 14.1. The normalized spacial score (nSPS) is 10.8. The van der Waals surface area contributed by atoms with Crippen molar-refractivity contribution >= 4 is 11.8 Å². The number of hydrogen-bond acceptors (Lipinski definition) is 2. The predicted octanol–water partition coefficient (Wildman–Crippen LogP) is 5.38. The Balaban J connectivity index is 1.84. The van der Waals surface area contributed by atoms with Gasteiger partial charge in [-0.2, -0.15) is 0 Å². The van der Waals surface area contributed by atoms with Crippen LogP contribution in [0.25, 0.3) is 11.1 Å².